The molecule has 0 spiro atoms. The summed E-state index contributed by atoms with van der Waals surface area (Å²) >= 11 is 6.27. The third-order valence-corrected chi connectivity index (χ3v) is 6.93. The fourth-order valence-electron chi connectivity index (χ4n) is 3.87. The fourth-order valence-corrected chi connectivity index (χ4v) is 4.82. The van der Waals surface area contributed by atoms with Gasteiger partial charge in [-0.2, -0.15) is 18.4 Å². The number of hydrogen-bond donors (Lipinski definition) is 1. The van der Waals surface area contributed by atoms with Crippen LogP contribution in [0, 0.1) is 13.8 Å². The van der Waals surface area contributed by atoms with E-state index in [-0.39, 0.29) is 0 Å². The largest absolute Gasteiger partial charge is 0.345 e. The molecule has 0 aliphatic rings. The number of pyridine rings is 2. The number of nitrogens with one attached hydrogen (secondary N) is 1. The van der Waals surface area contributed by atoms with Gasteiger partial charge in [-0.1, -0.05) is 28.5 Å². The molecule has 0 amide bonds. The van der Waals surface area contributed by atoms with Crippen LogP contribution in [-0.2, 0) is 11.6 Å². The smallest absolute Gasteiger partial charge is 0.335 e. The predicted octanol–water partition coefficient (Wildman–Crippen LogP) is 6.16. The van der Waals surface area contributed by atoms with Crippen molar-refractivity contribution in [2.24, 2.45) is 0 Å². The van der Waals surface area contributed by atoms with Crippen LogP contribution in [0.4, 0.5) is 0 Å². The number of hydrogen-bond acceptors (Lipinski definition) is 10. The van der Waals surface area contributed by atoms with Gasteiger partial charge in [0.2, 0.25) is 23.4 Å². The molecule has 0 saturated carbocycles. The summed E-state index contributed by atoms with van der Waals surface area (Å²) in [4.78, 5) is 20.5. The fraction of sp³-hybridized carbons (Fsp3) is 0.0769. The third-order valence-electron chi connectivity index (χ3n) is 5.64. The van der Waals surface area contributed by atoms with Gasteiger partial charge < -0.3 is 18.6 Å². The van der Waals surface area contributed by atoms with Gasteiger partial charge in [-0.3, -0.25) is 0 Å². The molecule has 7 aromatic rings. The Morgan fingerprint density at radius 3 is 1.93 bits per heavy atom. The van der Waals surface area contributed by atoms with E-state index < -0.39 is 11.6 Å². The highest BCUT2D eigenvalue weighted by atomic mass is 79.9. The van der Waals surface area contributed by atoms with E-state index in [2.05, 4.69) is 62.1 Å². The lowest BCUT2D eigenvalue weighted by atomic mass is 10.3. The summed E-state index contributed by atoms with van der Waals surface area (Å²) < 4.78 is 30.6. The predicted molar refractivity (Wildman–Crippen MR) is 158 cm³/mol. The molecule has 0 aliphatic heterocycles. The van der Waals surface area contributed by atoms with Crippen LogP contribution in [-0.4, -0.2) is 48.2 Å². The van der Waals surface area contributed by atoms with E-state index in [4.69, 9.17) is 22.4 Å². The Morgan fingerprint density at radius 2 is 1.34 bits per heavy atom. The average Bonchev–Trinajstić information content (AvgIpc) is 3.77. The second-order valence-corrected chi connectivity index (χ2v) is 10.2. The van der Waals surface area contributed by atoms with Gasteiger partial charge in [-0.05, 0) is 68.3 Å². The van der Waals surface area contributed by atoms with E-state index in [9.17, 15) is 0 Å². The molecule has 0 aliphatic carbocycles. The second kappa shape index (κ2) is 12.4. The molecule has 6 aromatic heterocycles. The lowest BCUT2D eigenvalue weighted by Crippen LogP contribution is -1.95. The molecule has 15 heteroatoms. The Balaban J connectivity index is 0.000000157. The van der Waals surface area contributed by atoms with Crippen molar-refractivity contribution < 1.29 is 17.5 Å². The molecule has 6 heterocycles. The lowest BCUT2D eigenvalue weighted by molar-refractivity contribution is 0.394. The highest BCUT2D eigenvalue weighted by molar-refractivity contribution is 9.11. The number of aromatic amines is 1. The Bertz CT molecular complexity index is 2000. The summed E-state index contributed by atoms with van der Waals surface area (Å²) in [6.45, 7) is 3.51. The van der Waals surface area contributed by atoms with Crippen molar-refractivity contribution in [3.63, 3.8) is 0 Å². The first-order valence-electron chi connectivity index (χ1n) is 11.8. The first kappa shape index (κ1) is 28.2. The van der Waals surface area contributed by atoms with Crippen LogP contribution in [0.1, 0.15) is 11.8 Å². The maximum Gasteiger partial charge on any atom is 0.335 e. The number of nitrogens with zero attached hydrogens (tertiary/aromatic N) is 7. The number of rotatable bonds is 3. The highest BCUT2D eigenvalue weighted by Gasteiger charge is 2.14. The molecule has 0 saturated heterocycles. The number of H-pyrrole nitrogens is 1. The minimum Gasteiger partial charge on any atom is -0.345 e. The van der Waals surface area contributed by atoms with E-state index in [1.807, 2.05) is 71.6 Å². The maximum absolute atomic E-state index is 8.29. The zero-order chi connectivity index (χ0) is 28.9. The number of halogens is 2. The van der Waals surface area contributed by atoms with Crippen molar-refractivity contribution in [3.8, 4) is 28.7 Å². The number of aryl methyl sites for hydroxylation is 2. The van der Waals surface area contributed by atoms with Gasteiger partial charge in [-0.25, -0.2) is 9.97 Å². The number of fused-ring (bicyclic) bond motifs is 2. The SMILES string of the molecule is Cc1nc(-c2ccc3c(Br)c[nH]c3n2)no1.Cc1nc(-c2ccc3c(Br)cn(-c4ccccc4)c3n2)no1.O=S=O. The van der Waals surface area contributed by atoms with E-state index in [0.29, 0.717) is 34.8 Å². The van der Waals surface area contributed by atoms with Crippen molar-refractivity contribution in [2.75, 3.05) is 0 Å². The Kier molecular flexibility index (Phi) is 8.56. The van der Waals surface area contributed by atoms with Crippen molar-refractivity contribution >= 4 is 65.5 Å². The zero-order valence-corrected chi connectivity index (χ0v) is 25.3. The van der Waals surface area contributed by atoms with Gasteiger partial charge in [0, 0.05) is 51.6 Å². The lowest BCUT2D eigenvalue weighted by Gasteiger charge is -2.04. The zero-order valence-electron chi connectivity index (χ0n) is 21.3. The van der Waals surface area contributed by atoms with Crippen molar-refractivity contribution in [2.45, 2.75) is 13.8 Å². The van der Waals surface area contributed by atoms with E-state index >= 15 is 0 Å². The molecular formula is C26H18Br2N8O4S. The molecule has 0 radical (unpaired) electrons. The van der Waals surface area contributed by atoms with E-state index in [0.717, 1.165) is 36.7 Å². The summed E-state index contributed by atoms with van der Waals surface area (Å²) in [7, 11) is 0. The van der Waals surface area contributed by atoms with Crippen molar-refractivity contribution in [1.82, 2.24) is 39.8 Å². The molecule has 0 atom stereocenters. The number of benzene rings is 1. The molecule has 0 unspecified atom stereocenters. The van der Waals surface area contributed by atoms with Crippen molar-refractivity contribution in [1.29, 1.82) is 0 Å². The molecule has 1 N–H and O–H groups in total. The van der Waals surface area contributed by atoms with Crippen LogP contribution in [0.3, 0.4) is 0 Å². The molecule has 41 heavy (non-hydrogen) atoms. The van der Waals surface area contributed by atoms with Gasteiger partial charge in [0.15, 0.2) is 0 Å². The Morgan fingerprint density at radius 1 is 0.756 bits per heavy atom. The third kappa shape index (κ3) is 6.21. The van der Waals surface area contributed by atoms with Crippen molar-refractivity contribution in [3.05, 3.63) is 87.7 Å². The maximum atomic E-state index is 8.29. The van der Waals surface area contributed by atoms with Crippen LogP contribution in [0.25, 0.3) is 50.8 Å². The molecule has 12 nitrogen and oxygen atoms in total. The molecule has 1 aromatic carbocycles. The van der Waals surface area contributed by atoms with Gasteiger partial charge in [0.1, 0.15) is 22.7 Å². The van der Waals surface area contributed by atoms with Crippen LogP contribution < -0.4 is 0 Å². The van der Waals surface area contributed by atoms with Crippen LogP contribution in [0.2, 0.25) is 0 Å². The van der Waals surface area contributed by atoms with Gasteiger partial charge >= 0.3 is 11.6 Å². The number of aromatic nitrogens is 8. The van der Waals surface area contributed by atoms with Crippen LogP contribution >= 0.6 is 31.9 Å². The standard InChI is InChI=1S/C16H11BrN4O.C10H7BrN4O.O2S/c1-10-18-15(20-22-10)14-8-7-12-13(17)9-21(16(12)19-14)11-5-3-2-4-6-11;1-5-13-10(15-16-5)8-3-2-6-7(11)4-12-9(6)14-8;1-3-2/h2-9H,1H3;2-4H,1H3,(H,12,14);. The summed E-state index contributed by atoms with van der Waals surface area (Å²) in [5, 5.41) is 9.82. The summed E-state index contributed by atoms with van der Waals surface area (Å²) in [6.07, 6.45) is 3.86. The summed E-state index contributed by atoms with van der Waals surface area (Å²) in [6, 6.07) is 17.8. The summed E-state index contributed by atoms with van der Waals surface area (Å²) in [5.41, 5.74) is 4.07. The highest BCUT2D eigenvalue weighted by Crippen LogP contribution is 2.29. The Hall–Kier alpha value is -4.34. The average molecular weight is 698 g/mol. The normalized spacial score (nSPS) is 10.6. The second-order valence-electron chi connectivity index (χ2n) is 8.32. The van der Waals surface area contributed by atoms with E-state index in [1.54, 1.807) is 13.8 Å². The monoisotopic (exact) mass is 696 g/mol. The van der Waals surface area contributed by atoms with Gasteiger partial charge in [0.25, 0.3) is 0 Å². The quantitative estimate of drug-likeness (QED) is 0.227. The molecule has 7 rings (SSSR count). The minimum absolute atomic E-state index is 0.497. The topological polar surface area (TPSA) is 158 Å². The molecular weight excluding hydrogens is 680 g/mol. The van der Waals surface area contributed by atoms with Gasteiger partial charge in [0.05, 0.1) is 0 Å². The molecule has 206 valence electrons. The Labute approximate surface area is 252 Å². The first-order chi connectivity index (χ1) is 19.9. The minimum atomic E-state index is -0.750. The van der Waals surface area contributed by atoms with Crippen LogP contribution in [0.5, 0.6) is 0 Å². The molecule has 0 bridgehead atoms. The first-order valence-corrected chi connectivity index (χ1v) is 14.0. The molecule has 0 fully saturated rings. The van der Waals surface area contributed by atoms with E-state index in [1.165, 1.54) is 0 Å². The number of para-hydroxylation sites is 1. The van der Waals surface area contributed by atoms with Gasteiger partial charge in [-0.15, -0.1) is 0 Å². The summed E-state index contributed by atoms with van der Waals surface area (Å²) in [5.74, 6) is 2.06. The van der Waals surface area contributed by atoms with Crippen LogP contribution in [0.15, 0.2) is 85.0 Å².